The van der Waals surface area contributed by atoms with Crippen LogP contribution in [0, 0.1) is 6.92 Å². The molecule has 8 heteroatoms. The van der Waals surface area contributed by atoms with Crippen LogP contribution in [0.1, 0.15) is 36.6 Å². The number of benzene rings is 4. The summed E-state index contributed by atoms with van der Waals surface area (Å²) >= 11 is 0. The van der Waals surface area contributed by atoms with Crippen molar-refractivity contribution in [2.75, 3.05) is 39.3 Å². The van der Waals surface area contributed by atoms with Crippen molar-refractivity contribution in [1.82, 2.24) is 4.90 Å². The second-order valence-corrected chi connectivity index (χ2v) is 9.20. The molecule has 0 radical (unpaired) electrons. The van der Waals surface area contributed by atoms with Crippen LogP contribution in [0.2, 0.25) is 0 Å². The molecule has 1 aliphatic heterocycles. The number of nitrogens with zero attached hydrogens (tertiary/aromatic N) is 2. The molecule has 4 aromatic rings. The second kappa shape index (κ2) is 10.5. The Balaban J connectivity index is 1.53. The maximum atomic E-state index is 14.0. The molecule has 0 aliphatic carbocycles. The summed E-state index contributed by atoms with van der Waals surface area (Å²) in [5.41, 5.74) is 2.71. The molecule has 0 saturated heterocycles. The van der Waals surface area contributed by atoms with Crippen molar-refractivity contribution < 1.29 is 28.6 Å². The maximum absolute atomic E-state index is 14.0. The Morgan fingerprint density at radius 1 is 0.795 bits per heavy atom. The Morgan fingerprint density at radius 2 is 1.41 bits per heavy atom. The topological polar surface area (TPSA) is 85.4 Å². The molecule has 0 aromatic heterocycles. The number of carbonyl (C=O) groups is 3. The summed E-state index contributed by atoms with van der Waals surface area (Å²) in [5, 5.41) is 1.49. The molecule has 0 fully saturated rings. The van der Waals surface area contributed by atoms with Crippen molar-refractivity contribution in [3.8, 4) is 17.2 Å². The van der Waals surface area contributed by atoms with E-state index in [1.54, 1.807) is 48.5 Å². The summed E-state index contributed by atoms with van der Waals surface area (Å²) in [6, 6.07) is 21.2. The van der Waals surface area contributed by atoms with Crippen LogP contribution in [-0.4, -0.2) is 57.0 Å². The SMILES string of the molecule is COc1cc(OC)cc(C(=O)N(CCN2C(=O)c3cccc4cccc(c34)C2=O)c2ccc(C)cc2OC)c1. The summed E-state index contributed by atoms with van der Waals surface area (Å²) in [7, 11) is 4.55. The molecule has 5 rings (SSSR count). The third-order valence-corrected chi connectivity index (χ3v) is 6.87. The number of anilines is 1. The smallest absolute Gasteiger partial charge is 0.261 e. The maximum Gasteiger partial charge on any atom is 0.261 e. The van der Waals surface area contributed by atoms with E-state index < -0.39 is 11.8 Å². The number of amides is 3. The largest absolute Gasteiger partial charge is 0.497 e. The van der Waals surface area contributed by atoms with Crippen LogP contribution in [0.5, 0.6) is 17.2 Å². The molecule has 198 valence electrons. The number of aryl methyl sites for hydroxylation is 1. The fourth-order valence-corrected chi connectivity index (χ4v) is 4.91. The summed E-state index contributed by atoms with van der Waals surface area (Å²) < 4.78 is 16.3. The number of imide groups is 1. The van der Waals surface area contributed by atoms with Gasteiger partial charge >= 0.3 is 0 Å². The number of ether oxygens (including phenoxy) is 3. The lowest BCUT2D eigenvalue weighted by molar-refractivity contribution is 0.0611. The van der Waals surface area contributed by atoms with E-state index in [0.29, 0.717) is 45.0 Å². The van der Waals surface area contributed by atoms with E-state index >= 15 is 0 Å². The quantitative estimate of drug-likeness (QED) is 0.298. The molecule has 39 heavy (non-hydrogen) atoms. The van der Waals surface area contributed by atoms with Gasteiger partial charge in [0.15, 0.2) is 0 Å². The van der Waals surface area contributed by atoms with Crippen molar-refractivity contribution >= 4 is 34.2 Å². The molecule has 0 unspecified atom stereocenters. The molecular weight excluding hydrogens is 496 g/mol. The van der Waals surface area contributed by atoms with Gasteiger partial charge in [0.1, 0.15) is 17.2 Å². The molecule has 0 atom stereocenters. The van der Waals surface area contributed by atoms with Gasteiger partial charge < -0.3 is 19.1 Å². The van der Waals surface area contributed by atoms with Gasteiger partial charge in [0.2, 0.25) is 0 Å². The second-order valence-electron chi connectivity index (χ2n) is 9.20. The summed E-state index contributed by atoms with van der Waals surface area (Å²) in [6.07, 6.45) is 0. The predicted octanol–water partition coefficient (Wildman–Crippen LogP) is 5.12. The van der Waals surface area contributed by atoms with Crippen molar-refractivity contribution in [2.24, 2.45) is 0 Å². The highest BCUT2D eigenvalue weighted by molar-refractivity contribution is 6.25. The third-order valence-electron chi connectivity index (χ3n) is 6.87. The number of hydrogen-bond donors (Lipinski definition) is 0. The van der Waals surface area contributed by atoms with Crippen LogP contribution in [0.25, 0.3) is 10.8 Å². The Bertz CT molecular complexity index is 1540. The highest BCUT2D eigenvalue weighted by atomic mass is 16.5. The number of hydrogen-bond acceptors (Lipinski definition) is 6. The first kappa shape index (κ1) is 25.8. The molecule has 4 aromatic carbocycles. The van der Waals surface area contributed by atoms with E-state index in [0.717, 1.165) is 10.9 Å². The van der Waals surface area contributed by atoms with Gasteiger partial charge in [-0.1, -0.05) is 30.3 Å². The molecular formula is C31H28N2O6. The van der Waals surface area contributed by atoms with E-state index in [9.17, 15) is 14.4 Å². The highest BCUT2D eigenvalue weighted by Gasteiger charge is 2.33. The van der Waals surface area contributed by atoms with Gasteiger partial charge in [-0.05, 0) is 54.3 Å². The summed E-state index contributed by atoms with van der Waals surface area (Å²) in [6.45, 7) is 1.94. The molecule has 1 heterocycles. The van der Waals surface area contributed by atoms with Crippen molar-refractivity contribution in [2.45, 2.75) is 6.92 Å². The first-order valence-corrected chi connectivity index (χ1v) is 12.4. The van der Waals surface area contributed by atoms with Crippen LogP contribution in [0.4, 0.5) is 5.69 Å². The molecule has 0 spiro atoms. The standard InChI is InChI=1S/C31H28N2O6/c1-19-11-12-26(27(15-19)39-4)32(29(34)21-16-22(37-2)18-23(17-21)38-3)13-14-33-30(35)24-9-5-7-20-8-6-10-25(28(20)24)31(33)36/h5-12,15-18H,13-14H2,1-4H3. The first-order chi connectivity index (χ1) is 18.9. The molecule has 8 nitrogen and oxygen atoms in total. The minimum atomic E-state index is -0.393. The van der Waals surface area contributed by atoms with Gasteiger partial charge in [-0.3, -0.25) is 19.3 Å². The average molecular weight is 525 g/mol. The van der Waals surface area contributed by atoms with Gasteiger partial charge in [-0.15, -0.1) is 0 Å². The zero-order chi connectivity index (χ0) is 27.7. The Kier molecular flexibility index (Phi) is 6.94. The fourth-order valence-electron chi connectivity index (χ4n) is 4.91. The predicted molar refractivity (Wildman–Crippen MR) is 148 cm³/mol. The summed E-state index contributed by atoms with van der Waals surface area (Å²) in [4.78, 5) is 43.7. The Morgan fingerprint density at radius 3 is 1.97 bits per heavy atom. The minimum Gasteiger partial charge on any atom is -0.497 e. The molecule has 3 amide bonds. The van der Waals surface area contributed by atoms with E-state index in [2.05, 4.69) is 0 Å². The minimum absolute atomic E-state index is 0.0216. The van der Waals surface area contributed by atoms with Crippen LogP contribution in [0.15, 0.2) is 72.8 Å². The van der Waals surface area contributed by atoms with E-state index in [4.69, 9.17) is 14.2 Å². The van der Waals surface area contributed by atoms with E-state index in [1.807, 2.05) is 31.2 Å². The average Bonchev–Trinajstić information content (AvgIpc) is 2.97. The molecule has 1 aliphatic rings. The van der Waals surface area contributed by atoms with E-state index in [-0.39, 0.29) is 19.0 Å². The monoisotopic (exact) mass is 524 g/mol. The molecule has 0 N–H and O–H groups in total. The van der Waals surface area contributed by atoms with Crippen molar-refractivity contribution in [3.05, 3.63) is 95.1 Å². The number of rotatable bonds is 8. The van der Waals surface area contributed by atoms with Gasteiger partial charge in [0, 0.05) is 41.2 Å². The molecule has 0 saturated carbocycles. The van der Waals surface area contributed by atoms with Crippen molar-refractivity contribution in [3.63, 3.8) is 0 Å². The van der Waals surface area contributed by atoms with Gasteiger partial charge in [0.25, 0.3) is 17.7 Å². The van der Waals surface area contributed by atoms with Gasteiger partial charge in [-0.25, -0.2) is 0 Å². The zero-order valence-corrected chi connectivity index (χ0v) is 22.2. The van der Waals surface area contributed by atoms with Crippen LogP contribution >= 0.6 is 0 Å². The molecule has 0 bridgehead atoms. The number of carbonyl (C=O) groups excluding carboxylic acids is 3. The fraction of sp³-hybridized carbons (Fsp3) is 0.194. The zero-order valence-electron chi connectivity index (χ0n) is 22.2. The summed E-state index contributed by atoms with van der Waals surface area (Å²) in [5.74, 6) is 0.254. The van der Waals surface area contributed by atoms with Crippen LogP contribution in [-0.2, 0) is 0 Å². The van der Waals surface area contributed by atoms with Gasteiger partial charge in [-0.2, -0.15) is 0 Å². The van der Waals surface area contributed by atoms with Gasteiger partial charge in [0.05, 0.1) is 27.0 Å². The van der Waals surface area contributed by atoms with Crippen LogP contribution < -0.4 is 19.1 Å². The lowest BCUT2D eigenvalue weighted by Gasteiger charge is -2.31. The van der Waals surface area contributed by atoms with E-state index in [1.165, 1.54) is 31.1 Å². The number of methoxy groups -OCH3 is 3. The van der Waals surface area contributed by atoms with Crippen LogP contribution in [0.3, 0.4) is 0 Å². The van der Waals surface area contributed by atoms with Crippen molar-refractivity contribution in [1.29, 1.82) is 0 Å². The Hall–Kier alpha value is -4.85. The lowest BCUT2D eigenvalue weighted by atomic mass is 9.94. The lowest BCUT2D eigenvalue weighted by Crippen LogP contribution is -2.46. The third kappa shape index (κ3) is 4.65. The normalized spacial score (nSPS) is 12.5. The Labute approximate surface area is 226 Å². The first-order valence-electron chi connectivity index (χ1n) is 12.4. The highest BCUT2D eigenvalue weighted by Crippen LogP contribution is 2.33.